The Labute approximate surface area is 207 Å². The fourth-order valence-corrected chi connectivity index (χ4v) is 4.62. The lowest BCUT2D eigenvalue weighted by atomic mass is 9.85. The van der Waals surface area contributed by atoms with Crippen molar-refractivity contribution in [1.29, 1.82) is 0 Å². The van der Waals surface area contributed by atoms with Crippen LogP contribution in [0.2, 0.25) is 5.02 Å². The predicted octanol–water partition coefficient (Wildman–Crippen LogP) is 6.01. The number of carbonyl (C=O) groups excluding carboxylic acids is 2. The van der Waals surface area contributed by atoms with Gasteiger partial charge in [0.1, 0.15) is 12.4 Å². The number of hydrogen-bond donors (Lipinski definition) is 2. The minimum Gasteiger partial charge on any atom is -0.490 e. The van der Waals surface area contributed by atoms with E-state index in [0.29, 0.717) is 53.8 Å². The molecule has 34 heavy (non-hydrogen) atoms. The summed E-state index contributed by atoms with van der Waals surface area (Å²) in [6.07, 6.45) is 8.88. The average molecular weight is 487 g/mol. The Morgan fingerprint density at radius 1 is 1.06 bits per heavy atom. The molecule has 1 aliphatic carbocycles. The first kappa shape index (κ1) is 26.2. The quantitative estimate of drug-likeness (QED) is 0.283. The van der Waals surface area contributed by atoms with E-state index in [1.54, 1.807) is 43.5 Å². The van der Waals surface area contributed by atoms with Crippen molar-refractivity contribution < 1.29 is 19.1 Å². The summed E-state index contributed by atoms with van der Waals surface area (Å²) in [5.74, 6) is 0.894. The molecule has 0 atom stereocenters. The summed E-state index contributed by atoms with van der Waals surface area (Å²) in [6.45, 7) is 1.07. The highest BCUT2D eigenvalue weighted by Crippen LogP contribution is 2.30. The second-order valence-corrected chi connectivity index (χ2v) is 9.25. The van der Waals surface area contributed by atoms with Crippen LogP contribution in [0.25, 0.3) is 0 Å². The first-order valence-corrected chi connectivity index (χ1v) is 12.5. The van der Waals surface area contributed by atoms with E-state index in [2.05, 4.69) is 5.32 Å². The molecule has 3 N–H and O–H groups in total. The number of benzene rings is 2. The van der Waals surface area contributed by atoms with Crippen LogP contribution in [0.4, 0.5) is 5.69 Å². The molecule has 7 heteroatoms. The summed E-state index contributed by atoms with van der Waals surface area (Å²) in [4.78, 5) is 26.0. The van der Waals surface area contributed by atoms with Gasteiger partial charge in [0.2, 0.25) is 0 Å². The molecule has 1 amide bonds. The van der Waals surface area contributed by atoms with Crippen LogP contribution in [0.5, 0.6) is 5.75 Å². The number of carbonyl (C=O) groups is 2. The highest BCUT2D eigenvalue weighted by Gasteiger charge is 2.18. The Morgan fingerprint density at radius 3 is 2.59 bits per heavy atom. The summed E-state index contributed by atoms with van der Waals surface area (Å²) in [5, 5.41) is 3.19. The number of halogens is 1. The standard InChI is InChI=1S/C27H35ClN2O4/c1-33-14-15-34-26-13-11-21(30-27(32)22-16-20(18-29)10-12-24(22)28)17-23(26)25(31)9-5-8-19-6-3-2-4-7-19/h10-13,16-17,19H,2-9,14-15,18,29H2,1H3,(H,30,32). The van der Waals surface area contributed by atoms with Gasteiger partial charge in [0.25, 0.3) is 5.91 Å². The van der Waals surface area contributed by atoms with Crippen LogP contribution < -0.4 is 15.8 Å². The van der Waals surface area contributed by atoms with Gasteiger partial charge in [0.05, 0.1) is 22.8 Å². The monoisotopic (exact) mass is 486 g/mol. The van der Waals surface area contributed by atoms with E-state index in [0.717, 1.165) is 24.3 Å². The van der Waals surface area contributed by atoms with Gasteiger partial charge in [0, 0.05) is 25.8 Å². The van der Waals surface area contributed by atoms with Crippen LogP contribution in [-0.4, -0.2) is 32.0 Å². The van der Waals surface area contributed by atoms with E-state index in [1.807, 2.05) is 0 Å². The zero-order chi connectivity index (χ0) is 24.3. The molecule has 1 fully saturated rings. The number of nitrogens with one attached hydrogen (secondary N) is 1. The fourth-order valence-electron chi connectivity index (χ4n) is 4.42. The molecule has 0 unspecified atom stereocenters. The molecule has 0 heterocycles. The highest BCUT2D eigenvalue weighted by molar-refractivity contribution is 6.34. The summed E-state index contributed by atoms with van der Waals surface area (Å²) in [5.41, 5.74) is 7.82. The number of anilines is 1. The number of Topliss-reactive ketones (excluding diaryl/α,β-unsaturated/α-hetero) is 1. The molecule has 0 bridgehead atoms. The van der Waals surface area contributed by atoms with Gasteiger partial charge in [-0.2, -0.15) is 0 Å². The van der Waals surface area contributed by atoms with Gasteiger partial charge < -0.3 is 20.5 Å². The van der Waals surface area contributed by atoms with Crippen molar-refractivity contribution in [2.75, 3.05) is 25.6 Å². The van der Waals surface area contributed by atoms with E-state index in [4.69, 9.17) is 26.8 Å². The number of amides is 1. The zero-order valence-electron chi connectivity index (χ0n) is 19.9. The third-order valence-electron chi connectivity index (χ3n) is 6.33. The van der Waals surface area contributed by atoms with Crippen molar-refractivity contribution in [2.24, 2.45) is 11.7 Å². The Hall–Kier alpha value is -2.41. The Kier molecular flexibility index (Phi) is 10.4. The molecule has 1 saturated carbocycles. The summed E-state index contributed by atoms with van der Waals surface area (Å²) in [7, 11) is 1.60. The number of ether oxygens (including phenoxy) is 2. The van der Waals surface area contributed by atoms with Gasteiger partial charge in [-0.3, -0.25) is 9.59 Å². The Morgan fingerprint density at radius 2 is 1.85 bits per heavy atom. The van der Waals surface area contributed by atoms with Crippen LogP contribution >= 0.6 is 11.6 Å². The minimum absolute atomic E-state index is 0.0162. The van der Waals surface area contributed by atoms with Crippen LogP contribution in [0.3, 0.4) is 0 Å². The maximum atomic E-state index is 13.1. The zero-order valence-corrected chi connectivity index (χ0v) is 20.7. The lowest BCUT2D eigenvalue weighted by molar-refractivity contribution is 0.0966. The normalized spacial score (nSPS) is 14.1. The molecule has 2 aromatic rings. The average Bonchev–Trinajstić information content (AvgIpc) is 2.85. The number of ketones is 1. The predicted molar refractivity (Wildman–Crippen MR) is 136 cm³/mol. The molecule has 0 spiro atoms. The van der Waals surface area contributed by atoms with Gasteiger partial charge in [-0.25, -0.2) is 0 Å². The molecule has 6 nitrogen and oxygen atoms in total. The van der Waals surface area contributed by atoms with E-state index in [9.17, 15) is 9.59 Å². The van der Waals surface area contributed by atoms with E-state index >= 15 is 0 Å². The topological polar surface area (TPSA) is 90.7 Å². The molecule has 3 rings (SSSR count). The van der Waals surface area contributed by atoms with Crippen molar-refractivity contribution >= 4 is 29.0 Å². The molecule has 184 valence electrons. The molecule has 2 aromatic carbocycles. The Balaban J connectivity index is 1.72. The minimum atomic E-state index is -0.357. The van der Waals surface area contributed by atoms with Crippen LogP contribution in [0.15, 0.2) is 36.4 Å². The van der Waals surface area contributed by atoms with Gasteiger partial charge in [-0.1, -0.05) is 56.2 Å². The molecule has 1 aliphatic rings. The molecular weight excluding hydrogens is 452 g/mol. The van der Waals surface area contributed by atoms with Crippen molar-refractivity contribution in [1.82, 2.24) is 0 Å². The molecule has 0 radical (unpaired) electrons. The summed E-state index contributed by atoms with van der Waals surface area (Å²) < 4.78 is 10.9. The SMILES string of the molecule is COCCOc1ccc(NC(=O)c2cc(CN)ccc2Cl)cc1C(=O)CCCC1CCCCC1. The summed E-state index contributed by atoms with van der Waals surface area (Å²) >= 11 is 6.23. The second kappa shape index (κ2) is 13.5. The third kappa shape index (κ3) is 7.55. The van der Waals surface area contributed by atoms with Crippen molar-refractivity contribution in [2.45, 2.75) is 57.9 Å². The smallest absolute Gasteiger partial charge is 0.257 e. The number of methoxy groups -OCH3 is 1. The van der Waals surface area contributed by atoms with E-state index in [-0.39, 0.29) is 11.7 Å². The van der Waals surface area contributed by atoms with Crippen molar-refractivity contribution in [3.05, 3.63) is 58.1 Å². The van der Waals surface area contributed by atoms with Crippen molar-refractivity contribution in [3.63, 3.8) is 0 Å². The lowest BCUT2D eigenvalue weighted by Gasteiger charge is -2.21. The second-order valence-electron chi connectivity index (χ2n) is 8.84. The highest BCUT2D eigenvalue weighted by atomic mass is 35.5. The largest absolute Gasteiger partial charge is 0.490 e. The first-order valence-electron chi connectivity index (χ1n) is 12.1. The van der Waals surface area contributed by atoms with Gasteiger partial charge in [-0.05, 0) is 48.2 Å². The molecular formula is C27H35ClN2O4. The summed E-state index contributed by atoms with van der Waals surface area (Å²) in [6, 6.07) is 10.3. The van der Waals surface area contributed by atoms with Crippen molar-refractivity contribution in [3.8, 4) is 5.75 Å². The third-order valence-corrected chi connectivity index (χ3v) is 6.66. The van der Waals surface area contributed by atoms with E-state index < -0.39 is 0 Å². The van der Waals surface area contributed by atoms with Crippen LogP contribution in [0, 0.1) is 5.92 Å². The van der Waals surface area contributed by atoms with Gasteiger partial charge in [0.15, 0.2) is 5.78 Å². The first-order chi connectivity index (χ1) is 16.5. The fraction of sp³-hybridized carbons (Fsp3) is 0.481. The lowest BCUT2D eigenvalue weighted by Crippen LogP contribution is -2.15. The van der Waals surface area contributed by atoms with Crippen LogP contribution in [0.1, 0.15) is 77.6 Å². The number of nitrogens with two attached hydrogens (primary N) is 1. The number of rotatable bonds is 12. The Bertz CT molecular complexity index is 973. The molecule has 0 aliphatic heterocycles. The van der Waals surface area contributed by atoms with E-state index in [1.165, 1.54) is 32.1 Å². The maximum absolute atomic E-state index is 13.1. The van der Waals surface area contributed by atoms with Gasteiger partial charge in [-0.15, -0.1) is 0 Å². The van der Waals surface area contributed by atoms with Crippen LogP contribution in [-0.2, 0) is 11.3 Å². The molecule has 0 saturated heterocycles. The number of hydrogen-bond acceptors (Lipinski definition) is 5. The molecule has 0 aromatic heterocycles. The van der Waals surface area contributed by atoms with Gasteiger partial charge >= 0.3 is 0 Å². The maximum Gasteiger partial charge on any atom is 0.257 e.